The van der Waals surface area contributed by atoms with Crippen molar-refractivity contribution in [2.24, 2.45) is 0 Å². The minimum absolute atomic E-state index is 0.0290. The van der Waals surface area contributed by atoms with Gasteiger partial charge in [-0.2, -0.15) is 0 Å². The molecule has 0 amide bonds. The maximum atomic E-state index is 11.5. The van der Waals surface area contributed by atoms with Crippen molar-refractivity contribution in [3.05, 3.63) is 109 Å². The number of hydrogen-bond acceptors (Lipinski definition) is 17. The second-order valence-corrected chi connectivity index (χ2v) is 12.4. The Labute approximate surface area is 364 Å². The molecule has 0 aliphatic heterocycles. The first-order valence-corrected chi connectivity index (χ1v) is 18.4. The molecular weight excluding hydrogens is 812 g/mol. The molecule has 0 heterocycles. The van der Waals surface area contributed by atoms with E-state index in [1.54, 1.807) is 58.4 Å². The maximum absolute atomic E-state index is 11.5. The minimum atomic E-state index is -0.664. The minimum Gasteiger partial charge on any atom is -0.496 e. The normalized spacial score (nSPS) is 9.90. The molecule has 344 valence electrons. The van der Waals surface area contributed by atoms with Crippen LogP contribution in [-0.2, 0) is 52.3 Å². The Morgan fingerprint density at radius 1 is 0.500 bits per heavy atom. The van der Waals surface area contributed by atoms with Crippen molar-refractivity contribution in [2.45, 2.75) is 39.1 Å². The van der Waals surface area contributed by atoms with Crippen LogP contribution in [0.15, 0.2) is 98.2 Å². The first kappa shape index (κ1) is 58.0. The topological polar surface area (TPSA) is 196 Å². The van der Waals surface area contributed by atoms with Crippen molar-refractivity contribution in [1.82, 2.24) is 0 Å². The van der Waals surface area contributed by atoms with Crippen LogP contribution in [0.25, 0.3) is 0 Å². The molecule has 2 aromatic carbocycles. The van der Waals surface area contributed by atoms with Crippen LogP contribution < -0.4 is 18.9 Å². The number of rotatable bonds is 22. The van der Waals surface area contributed by atoms with Gasteiger partial charge in [-0.3, -0.25) is 0 Å². The van der Waals surface area contributed by atoms with E-state index in [4.69, 9.17) is 47.4 Å². The number of hydrogen-bond donors (Lipinski definition) is 0. The van der Waals surface area contributed by atoms with Crippen molar-refractivity contribution in [1.29, 1.82) is 0 Å². The number of ether oxygens (including phenoxy) is 12. The van der Waals surface area contributed by atoms with E-state index in [2.05, 4.69) is 42.4 Å². The highest BCUT2D eigenvalue weighted by atomic mass is 16.6. The summed E-state index contributed by atoms with van der Waals surface area (Å²) in [5.41, 5.74) is 1.03. The summed E-state index contributed by atoms with van der Waals surface area (Å²) >= 11 is 0. The molecule has 0 fully saturated rings. The third kappa shape index (κ3) is 24.8. The van der Waals surface area contributed by atoms with Gasteiger partial charge in [-0.15, -0.1) is 13.2 Å². The predicted octanol–water partition coefficient (Wildman–Crippen LogP) is 6.10. The average molecular weight is 875 g/mol. The van der Waals surface area contributed by atoms with E-state index in [9.17, 15) is 24.0 Å². The van der Waals surface area contributed by atoms with E-state index in [0.29, 0.717) is 54.8 Å². The molecule has 62 heavy (non-hydrogen) atoms. The van der Waals surface area contributed by atoms with Crippen LogP contribution in [0.2, 0.25) is 0 Å². The molecule has 17 heteroatoms. The van der Waals surface area contributed by atoms with Gasteiger partial charge in [0.05, 0.1) is 72.1 Å². The summed E-state index contributed by atoms with van der Waals surface area (Å²) in [6.45, 7) is 24.0. The number of benzene rings is 2. The molecule has 0 spiro atoms. The fourth-order valence-corrected chi connectivity index (χ4v) is 4.03. The summed E-state index contributed by atoms with van der Waals surface area (Å²) < 4.78 is 59.5. The van der Waals surface area contributed by atoms with Gasteiger partial charge < -0.3 is 56.8 Å². The lowest BCUT2D eigenvalue weighted by atomic mass is 10.1. The van der Waals surface area contributed by atoms with Crippen LogP contribution in [-0.4, -0.2) is 131 Å². The molecule has 17 nitrogen and oxygen atoms in total. The van der Waals surface area contributed by atoms with Crippen LogP contribution in [0, 0.1) is 0 Å². The zero-order valence-electron chi connectivity index (χ0n) is 37.7. The van der Waals surface area contributed by atoms with Crippen molar-refractivity contribution >= 4 is 29.8 Å². The van der Waals surface area contributed by atoms with Crippen molar-refractivity contribution in [3.8, 4) is 23.0 Å². The van der Waals surface area contributed by atoms with Crippen LogP contribution in [0.4, 0.5) is 0 Å². The summed E-state index contributed by atoms with van der Waals surface area (Å²) in [7, 11) is 11.8. The van der Waals surface area contributed by atoms with Crippen LogP contribution in [0.3, 0.4) is 0 Å². The Balaban J connectivity index is 0. The van der Waals surface area contributed by atoms with Crippen molar-refractivity contribution in [3.63, 3.8) is 0 Å². The Hall–Kier alpha value is -6.11. The molecule has 0 bridgehead atoms. The smallest absolute Gasteiger partial charge is 0.338 e. The number of methoxy groups -OCH3 is 8. The van der Waals surface area contributed by atoms with E-state index < -0.39 is 29.8 Å². The van der Waals surface area contributed by atoms with Gasteiger partial charge in [-0.25, -0.2) is 24.0 Å². The zero-order chi connectivity index (χ0) is 47.8. The molecule has 2 rings (SSSR count). The number of carbonyl (C=O) groups excluding carboxylic acids is 5. The zero-order valence-corrected chi connectivity index (χ0v) is 37.7. The number of carbonyl (C=O) groups is 5. The van der Waals surface area contributed by atoms with Gasteiger partial charge in [0.2, 0.25) is 0 Å². The molecule has 0 aliphatic rings. The molecular formula is C45H62O17. The third-order valence-electron chi connectivity index (χ3n) is 7.04. The monoisotopic (exact) mass is 874 g/mol. The lowest BCUT2D eigenvalue weighted by molar-refractivity contribution is -0.149. The predicted molar refractivity (Wildman–Crippen MR) is 231 cm³/mol. The fraction of sp³-hybridized carbons (Fsp3) is 0.400. The van der Waals surface area contributed by atoms with Crippen LogP contribution in [0.1, 0.15) is 41.5 Å². The van der Waals surface area contributed by atoms with E-state index in [0.717, 1.165) is 0 Å². The molecule has 0 aliphatic carbocycles. The van der Waals surface area contributed by atoms with Gasteiger partial charge in [0.25, 0.3) is 0 Å². The van der Waals surface area contributed by atoms with Gasteiger partial charge in [0.15, 0.2) is 0 Å². The molecule has 0 unspecified atom stereocenters. The molecule has 0 atom stereocenters. The molecule has 0 saturated heterocycles. The van der Waals surface area contributed by atoms with E-state index in [1.807, 2.05) is 0 Å². The molecule has 0 radical (unpaired) electrons. The van der Waals surface area contributed by atoms with Gasteiger partial charge in [-0.1, -0.05) is 31.9 Å². The summed E-state index contributed by atoms with van der Waals surface area (Å²) in [4.78, 5) is 56.9. The van der Waals surface area contributed by atoms with Crippen molar-refractivity contribution in [2.75, 3.05) is 83.3 Å². The second-order valence-electron chi connectivity index (χ2n) is 12.4. The first-order valence-electron chi connectivity index (χ1n) is 18.4. The Bertz CT molecular complexity index is 1700. The average Bonchev–Trinajstić information content (AvgIpc) is 3.25. The maximum Gasteiger partial charge on any atom is 0.338 e. The summed E-state index contributed by atoms with van der Waals surface area (Å²) in [6, 6.07) is 8.76. The molecule has 0 aromatic heterocycles. The van der Waals surface area contributed by atoms with Gasteiger partial charge >= 0.3 is 29.8 Å². The summed E-state index contributed by atoms with van der Waals surface area (Å²) in [5, 5.41) is 0. The first-order chi connectivity index (χ1) is 29.3. The SMILES string of the molecule is C=C(C)C(=O)OC(COC)COC.C=C(C)C(=O)Oc1cc(C(=O)OC)cc(C(=O)OC)c1.C=C(C)C(=O)Oc1cc(OC)cc(OC)c1.C=CC(C=C)OC(COC)COC. The highest BCUT2D eigenvalue weighted by Crippen LogP contribution is 2.28. The van der Waals surface area contributed by atoms with E-state index in [-0.39, 0.29) is 40.8 Å². The van der Waals surface area contributed by atoms with Gasteiger partial charge in [-0.05, 0) is 39.0 Å². The van der Waals surface area contributed by atoms with E-state index in [1.165, 1.54) is 67.8 Å². The lowest BCUT2D eigenvalue weighted by Gasteiger charge is -2.19. The van der Waals surface area contributed by atoms with Crippen LogP contribution in [0.5, 0.6) is 23.0 Å². The largest absolute Gasteiger partial charge is 0.496 e. The quantitative estimate of drug-likeness (QED) is 0.0432. The standard InChI is InChI=1S/C14H14O6.C12H14O4.C10H18O3.C9H16O4/c1-8(2)12(15)20-11-6-9(13(16)18-3)5-10(7-11)14(17)19-4;1-8(2)12(13)16-11-6-9(14-3)5-10(7-11)15-4;1-5-9(6-2)13-10(7-11-3)8-12-4;1-7(2)9(10)13-8(5-11-3)6-12-4/h5-7H,1H2,2-4H3;5-7H,1H2,2-4H3;5-6,9-10H,1-2,7-8H2,3-4H3;8H,1,5-6H2,2-4H3. The molecule has 0 N–H and O–H groups in total. The van der Waals surface area contributed by atoms with Crippen LogP contribution >= 0.6 is 0 Å². The third-order valence-corrected chi connectivity index (χ3v) is 7.04. The second kappa shape index (κ2) is 33.6. The van der Waals surface area contributed by atoms with Crippen molar-refractivity contribution < 1.29 is 80.8 Å². The van der Waals surface area contributed by atoms with Gasteiger partial charge in [0, 0.05) is 63.4 Å². The highest BCUT2D eigenvalue weighted by Gasteiger charge is 2.17. The summed E-state index contributed by atoms with van der Waals surface area (Å²) in [6.07, 6.45) is 2.79. The Morgan fingerprint density at radius 3 is 1.15 bits per heavy atom. The Kier molecular flexibility index (Phi) is 31.4. The van der Waals surface area contributed by atoms with Gasteiger partial charge in [0.1, 0.15) is 35.2 Å². The Morgan fingerprint density at radius 2 is 0.839 bits per heavy atom. The molecule has 2 aromatic rings. The fourth-order valence-electron chi connectivity index (χ4n) is 4.03. The highest BCUT2D eigenvalue weighted by molar-refractivity contribution is 5.97. The molecule has 0 saturated carbocycles. The number of esters is 5. The van der Waals surface area contributed by atoms with E-state index >= 15 is 0 Å². The summed E-state index contributed by atoms with van der Waals surface area (Å²) in [5.74, 6) is -1.37. The lowest BCUT2D eigenvalue weighted by Crippen LogP contribution is -2.28.